The molecular formula is C23H22FNO2S. The van der Waals surface area contributed by atoms with Gasteiger partial charge in [0.2, 0.25) is 5.91 Å². The van der Waals surface area contributed by atoms with Gasteiger partial charge in [-0.1, -0.05) is 18.2 Å². The number of nitrogens with zero attached hydrogens (tertiary/aromatic N) is 1. The summed E-state index contributed by atoms with van der Waals surface area (Å²) in [5.74, 6) is -0.218. The molecule has 0 N–H and O–H groups in total. The lowest BCUT2D eigenvalue weighted by atomic mass is 10.0. The van der Waals surface area contributed by atoms with Gasteiger partial charge in [0.15, 0.2) is 0 Å². The maximum Gasteiger partial charge on any atom is 0.227 e. The van der Waals surface area contributed by atoms with E-state index in [2.05, 4.69) is 36.6 Å². The Balaban J connectivity index is 1.63. The van der Waals surface area contributed by atoms with Gasteiger partial charge in [-0.25, -0.2) is 4.39 Å². The SMILES string of the molecule is CSc1ccc(C=C2C=C(CC(=O)N3CCOCC3)c3cc(F)ccc32)cc1. The number of halogens is 1. The van der Waals surface area contributed by atoms with Crippen molar-refractivity contribution in [3.63, 3.8) is 0 Å². The second-order valence-electron chi connectivity index (χ2n) is 6.90. The van der Waals surface area contributed by atoms with Crippen molar-refractivity contribution in [2.75, 3.05) is 32.6 Å². The van der Waals surface area contributed by atoms with Crippen molar-refractivity contribution in [2.24, 2.45) is 0 Å². The van der Waals surface area contributed by atoms with Crippen LogP contribution in [0.3, 0.4) is 0 Å². The summed E-state index contributed by atoms with van der Waals surface area (Å²) in [6.45, 7) is 2.39. The van der Waals surface area contributed by atoms with Crippen LogP contribution in [0.4, 0.5) is 4.39 Å². The maximum absolute atomic E-state index is 13.9. The summed E-state index contributed by atoms with van der Waals surface area (Å²) >= 11 is 1.71. The minimum atomic E-state index is -0.283. The molecule has 0 saturated carbocycles. The van der Waals surface area contributed by atoms with E-state index in [-0.39, 0.29) is 18.1 Å². The number of amides is 1. The Bertz CT molecular complexity index is 944. The summed E-state index contributed by atoms with van der Waals surface area (Å²) in [6, 6.07) is 13.1. The highest BCUT2D eigenvalue weighted by molar-refractivity contribution is 7.98. The standard InChI is InChI=1S/C23H22FNO2S/c1-28-20-5-2-16(3-6-20)12-17-13-18(22-15-19(24)4-7-21(17)22)14-23(26)25-8-10-27-11-9-25/h2-7,12-13,15H,8-11,14H2,1H3. The molecule has 2 aromatic rings. The van der Waals surface area contributed by atoms with Gasteiger partial charge in [0.1, 0.15) is 5.82 Å². The molecule has 3 nitrogen and oxygen atoms in total. The molecule has 1 amide bonds. The molecule has 0 spiro atoms. The fourth-order valence-electron chi connectivity index (χ4n) is 3.61. The number of thioether (sulfide) groups is 1. The molecule has 4 rings (SSSR count). The summed E-state index contributed by atoms with van der Waals surface area (Å²) in [4.78, 5) is 15.7. The van der Waals surface area contributed by atoms with Crippen LogP contribution in [0.1, 0.15) is 23.1 Å². The number of carbonyl (C=O) groups is 1. The Morgan fingerprint density at radius 2 is 1.89 bits per heavy atom. The molecule has 0 unspecified atom stereocenters. The predicted octanol–water partition coefficient (Wildman–Crippen LogP) is 4.73. The average Bonchev–Trinajstić information content (AvgIpc) is 3.05. The van der Waals surface area contributed by atoms with Crippen molar-refractivity contribution >= 4 is 34.9 Å². The van der Waals surface area contributed by atoms with Crippen LogP contribution in [-0.2, 0) is 9.53 Å². The highest BCUT2D eigenvalue weighted by Crippen LogP contribution is 2.39. The molecular weight excluding hydrogens is 373 g/mol. The van der Waals surface area contributed by atoms with Gasteiger partial charge >= 0.3 is 0 Å². The third-order valence-electron chi connectivity index (χ3n) is 5.11. The first-order valence-corrected chi connectivity index (χ1v) is 10.6. The number of hydrogen-bond donors (Lipinski definition) is 0. The first-order chi connectivity index (χ1) is 13.6. The third kappa shape index (κ3) is 4.05. The first kappa shape index (κ1) is 19.0. The zero-order chi connectivity index (χ0) is 19.5. The fraction of sp³-hybridized carbons (Fsp3) is 0.261. The van der Waals surface area contributed by atoms with Gasteiger partial charge < -0.3 is 9.64 Å². The first-order valence-electron chi connectivity index (χ1n) is 9.36. The summed E-state index contributed by atoms with van der Waals surface area (Å²) in [5.41, 5.74) is 4.75. The van der Waals surface area contributed by atoms with Gasteiger partial charge in [0, 0.05) is 18.0 Å². The molecule has 2 aromatic carbocycles. The molecule has 1 fully saturated rings. The largest absolute Gasteiger partial charge is 0.378 e. The molecule has 0 aromatic heterocycles. The van der Waals surface area contributed by atoms with E-state index in [0.29, 0.717) is 26.3 Å². The number of fused-ring (bicyclic) bond motifs is 1. The summed E-state index contributed by atoms with van der Waals surface area (Å²) in [7, 11) is 0. The number of ether oxygens (including phenoxy) is 1. The second kappa shape index (κ2) is 8.33. The van der Waals surface area contributed by atoms with Crippen molar-refractivity contribution in [3.8, 4) is 0 Å². The Labute approximate surface area is 168 Å². The molecule has 1 saturated heterocycles. The predicted molar refractivity (Wildman–Crippen MR) is 112 cm³/mol. The topological polar surface area (TPSA) is 29.5 Å². The zero-order valence-corrected chi connectivity index (χ0v) is 16.6. The van der Waals surface area contributed by atoms with Crippen molar-refractivity contribution in [1.29, 1.82) is 0 Å². The Morgan fingerprint density at radius 1 is 1.14 bits per heavy atom. The van der Waals surface area contributed by atoms with E-state index in [1.807, 2.05) is 11.0 Å². The maximum atomic E-state index is 13.9. The molecule has 28 heavy (non-hydrogen) atoms. The van der Waals surface area contributed by atoms with Crippen LogP contribution >= 0.6 is 11.8 Å². The molecule has 1 aliphatic carbocycles. The van der Waals surface area contributed by atoms with E-state index in [0.717, 1.165) is 27.8 Å². The highest BCUT2D eigenvalue weighted by Gasteiger charge is 2.24. The molecule has 0 radical (unpaired) electrons. The van der Waals surface area contributed by atoms with E-state index >= 15 is 0 Å². The van der Waals surface area contributed by atoms with Gasteiger partial charge in [-0.2, -0.15) is 0 Å². The minimum absolute atomic E-state index is 0.0651. The van der Waals surface area contributed by atoms with Gasteiger partial charge in [-0.05, 0) is 70.5 Å². The summed E-state index contributed by atoms with van der Waals surface area (Å²) < 4.78 is 19.2. The lowest BCUT2D eigenvalue weighted by Gasteiger charge is -2.27. The van der Waals surface area contributed by atoms with Gasteiger partial charge in [0.05, 0.1) is 19.6 Å². The van der Waals surface area contributed by atoms with E-state index < -0.39 is 0 Å². The lowest BCUT2D eigenvalue weighted by Crippen LogP contribution is -2.40. The number of hydrogen-bond acceptors (Lipinski definition) is 3. The molecule has 2 aliphatic rings. The highest BCUT2D eigenvalue weighted by atomic mass is 32.2. The van der Waals surface area contributed by atoms with Gasteiger partial charge in [-0.3, -0.25) is 4.79 Å². The summed E-state index contributed by atoms with van der Waals surface area (Å²) in [5, 5.41) is 0. The second-order valence-corrected chi connectivity index (χ2v) is 7.78. The molecule has 5 heteroatoms. The average molecular weight is 395 g/mol. The number of carbonyl (C=O) groups excluding carboxylic acids is 1. The smallest absolute Gasteiger partial charge is 0.227 e. The monoisotopic (exact) mass is 395 g/mol. The number of allylic oxidation sites excluding steroid dienone is 2. The fourth-order valence-corrected chi connectivity index (χ4v) is 4.02. The molecule has 1 aliphatic heterocycles. The van der Waals surface area contributed by atoms with Crippen LogP contribution in [0.2, 0.25) is 0 Å². The number of morpholine rings is 1. The van der Waals surface area contributed by atoms with E-state index in [4.69, 9.17) is 4.74 Å². The van der Waals surface area contributed by atoms with Gasteiger partial charge in [0.25, 0.3) is 0 Å². The van der Waals surface area contributed by atoms with Crippen molar-refractivity contribution in [1.82, 2.24) is 4.90 Å². The number of benzene rings is 2. The van der Waals surface area contributed by atoms with E-state index in [1.54, 1.807) is 17.8 Å². The van der Waals surface area contributed by atoms with E-state index in [1.165, 1.54) is 17.0 Å². The normalized spacial score (nSPS) is 17.6. The summed E-state index contributed by atoms with van der Waals surface area (Å²) in [6.07, 6.45) is 6.44. The van der Waals surface area contributed by atoms with Crippen LogP contribution in [0, 0.1) is 5.82 Å². The van der Waals surface area contributed by atoms with E-state index in [9.17, 15) is 9.18 Å². The van der Waals surface area contributed by atoms with Crippen molar-refractivity contribution < 1.29 is 13.9 Å². The van der Waals surface area contributed by atoms with Crippen molar-refractivity contribution in [2.45, 2.75) is 11.3 Å². The molecule has 144 valence electrons. The third-order valence-corrected chi connectivity index (χ3v) is 5.86. The lowest BCUT2D eigenvalue weighted by molar-refractivity contribution is -0.134. The van der Waals surface area contributed by atoms with Crippen molar-refractivity contribution in [3.05, 3.63) is 71.0 Å². The van der Waals surface area contributed by atoms with Crippen LogP contribution in [0.5, 0.6) is 0 Å². The minimum Gasteiger partial charge on any atom is -0.378 e. The quantitative estimate of drug-likeness (QED) is 0.701. The van der Waals surface area contributed by atoms with Crippen LogP contribution in [-0.4, -0.2) is 43.4 Å². The van der Waals surface area contributed by atoms with Crippen LogP contribution in [0.25, 0.3) is 17.2 Å². The van der Waals surface area contributed by atoms with Crippen LogP contribution < -0.4 is 0 Å². The molecule has 0 bridgehead atoms. The Hall–Kier alpha value is -2.37. The molecule has 1 heterocycles. The van der Waals surface area contributed by atoms with Crippen LogP contribution in [0.15, 0.2) is 53.4 Å². The molecule has 0 atom stereocenters. The Kier molecular flexibility index (Phi) is 5.64. The zero-order valence-electron chi connectivity index (χ0n) is 15.8. The van der Waals surface area contributed by atoms with Gasteiger partial charge in [-0.15, -0.1) is 11.8 Å². The number of rotatable bonds is 4. The Morgan fingerprint density at radius 3 is 2.61 bits per heavy atom.